The summed E-state index contributed by atoms with van der Waals surface area (Å²) in [7, 11) is 0. The van der Waals surface area contributed by atoms with Gasteiger partial charge in [-0.25, -0.2) is 0 Å². The summed E-state index contributed by atoms with van der Waals surface area (Å²) in [6.07, 6.45) is 4.01. The van der Waals surface area contributed by atoms with Gasteiger partial charge in [0.2, 0.25) is 5.88 Å². The molecule has 0 radical (unpaired) electrons. The Kier molecular flexibility index (Phi) is 3.37. The van der Waals surface area contributed by atoms with E-state index in [0.717, 1.165) is 18.4 Å². The molecular weight excluding hydrogens is 226 g/mol. The molecular formula is C14H21N3O. The molecule has 1 saturated carbocycles. The Morgan fingerprint density at radius 3 is 3.06 bits per heavy atom. The molecule has 2 aliphatic rings. The number of rotatable bonds is 5. The summed E-state index contributed by atoms with van der Waals surface area (Å²) < 4.78 is 5.42. The molecule has 1 aliphatic heterocycles. The molecule has 4 nitrogen and oxygen atoms in total. The lowest BCUT2D eigenvalue weighted by molar-refractivity contribution is 0.324. The lowest BCUT2D eigenvalue weighted by Crippen LogP contribution is -2.27. The minimum absolute atomic E-state index is 0.537. The quantitative estimate of drug-likeness (QED) is 0.865. The zero-order valence-corrected chi connectivity index (χ0v) is 10.9. The Morgan fingerprint density at radius 1 is 1.39 bits per heavy atom. The number of nitrogens with zero attached hydrogens (tertiary/aromatic N) is 2. The number of aromatic nitrogens is 1. The molecule has 1 atom stereocenters. The van der Waals surface area contributed by atoms with Gasteiger partial charge in [0.05, 0.1) is 6.61 Å². The van der Waals surface area contributed by atoms with E-state index in [2.05, 4.69) is 15.2 Å². The van der Waals surface area contributed by atoms with Crippen molar-refractivity contribution in [3.63, 3.8) is 0 Å². The summed E-state index contributed by atoms with van der Waals surface area (Å²) in [5.41, 5.74) is 0. The molecule has 4 heteroatoms. The third-order valence-corrected chi connectivity index (χ3v) is 3.65. The predicted octanol–water partition coefficient (Wildman–Crippen LogP) is 2.13. The van der Waals surface area contributed by atoms with Crippen molar-refractivity contribution in [2.24, 2.45) is 0 Å². The van der Waals surface area contributed by atoms with Crippen molar-refractivity contribution in [1.82, 2.24) is 9.88 Å². The van der Waals surface area contributed by atoms with Crippen LogP contribution < -0.4 is 10.1 Å². The number of hydrogen-bond donors (Lipinski definition) is 1. The molecule has 2 fully saturated rings. The van der Waals surface area contributed by atoms with E-state index in [0.29, 0.717) is 18.5 Å². The fraction of sp³-hybridized carbons (Fsp3) is 0.643. The summed E-state index contributed by atoms with van der Waals surface area (Å²) in [6.45, 7) is 5.03. The summed E-state index contributed by atoms with van der Waals surface area (Å²) >= 11 is 0. The molecule has 0 amide bonds. The summed E-state index contributed by atoms with van der Waals surface area (Å²) in [5.74, 6) is 1.64. The highest BCUT2D eigenvalue weighted by atomic mass is 16.5. The molecule has 1 N–H and O–H groups in total. The van der Waals surface area contributed by atoms with Crippen molar-refractivity contribution in [3.8, 4) is 5.88 Å². The molecule has 1 aromatic rings. The first-order valence-corrected chi connectivity index (χ1v) is 6.95. The first-order chi connectivity index (χ1) is 8.85. The van der Waals surface area contributed by atoms with Gasteiger partial charge in [0, 0.05) is 31.2 Å². The van der Waals surface area contributed by atoms with Crippen LogP contribution in [0.5, 0.6) is 5.88 Å². The molecule has 0 bridgehead atoms. The van der Waals surface area contributed by atoms with Crippen LogP contribution in [0.3, 0.4) is 0 Å². The molecule has 2 heterocycles. The monoisotopic (exact) mass is 247 g/mol. The Hall–Kier alpha value is -1.29. The van der Waals surface area contributed by atoms with E-state index in [4.69, 9.17) is 4.74 Å². The second-order valence-corrected chi connectivity index (χ2v) is 5.15. The van der Waals surface area contributed by atoms with E-state index in [-0.39, 0.29) is 0 Å². The van der Waals surface area contributed by atoms with Crippen molar-refractivity contribution in [2.75, 3.05) is 25.0 Å². The smallest absolute Gasteiger partial charge is 0.215 e. The standard InChI is InChI=1S/C14H21N3O/c1-2-18-14-5-3-4-13(16-14)15-11-8-9-17(10-11)12-6-7-12/h3-5,11-12H,2,6-10H2,1H3,(H,15,16). The molecule has 0 spiro atoms. The Bertz CT molecular complexity index is 406. The van der Waals surface area contributed by atoms with Gasteiger partial charge in [-0.3, -0.25) is 4.90 Å². The SMILES string of the molecule is CCOc1cccc(NC2CCN(C3CC3)C2)n1. The van der Waals surface area contributed by atoms with Crippen LogP contribution in [-0.4, -0.2) is 41.7 Å². The van der Waals surface area contributed by atoms with Gasteiger partial charge < -0.3 is 10.1 Å². The molecule has 1 unspecified atom stereocenters. The fourth-order valence-electron chi connectivity index (χ4n) is 2.61. The van der Waals surface area contributed by atoms with Gasteiger partial charge in [-0.15, -0.1) is 0 Å². The van der Waals surface area contributed by atoms with Crippen LogP contribution in [0.4, 0.5) is 5.82 Å². The number of hydrogen-bond acceptors (Lipinski definition) is 4. The second-order valence-electron chi connectivity index (χ2n) is 5.15. The average molecular weight is 247 g/mol. The van der Waals surface area contributed by atoms with Crippen molar-refractivity contribution in [1.29, 1.82) is 0 Å². The van der Waals surface area contributed by atoms with Gasteiger partial charge in [0.15, 0.2) is 0 Å². The maximum absolute atomic E-state index is 5.42. The fourth-order valence-corrected chi connectivity index (χ4v) is 2.61. The van der Waals surface area contributed by atoms with E-state index in [1.165, 1.54) is 25.8 Å². The van der Waals surface area contributed by atoms with Crippen LogP contribution in [0.15, 0.2) is 18.2 Å². The predicted molar refractivity (Wildman–Crippen MR) is 72.0 cm³/mol. The summed E-state index contributed by atoms with van der Waals surface area (Å²) in [4.78, 5) is 7.06. The molecule has 98 valence electrons. The number of nitrogens with one attached hydrogen (secondary N) is 1. The van der Waals surface area contributed by atoms with Crippen LogP contribution in [0, 0.1) is 0 Å². The van der Waals surface area contributed by atoms with Crippen molar-refractivity contribution < 1.29 is 4.74 Å². The van der Waals surface area contributed by atoms with Gasteiger partial charge in [-0.2, -0.15) is 4.98 Å². The maximum Gasteiger partial charge on any atom is 0.215 e. The van der Waals surface area contributed by atoms with Gasteiger partial charge in [0.25, 0.3) is 0 Å². The maximum atomic E-state index is 5.42. The number of anilines is 1. The van der Waals surface area contributed by atoms with E-state index < -0.39 is 0 Å². The van der Waals surface area contributed by atoms with Crippen LogP contribution >= 0.6 is 0 Å². The van der Waals surface area contributed by atoms with Crippen LogP contribution in [0.1, 0.15) is 26.2 Å². The number of likely N-dealkylation sites (tertiary alicyclic amines) is 1. The van der Waals surface area contributed by atoms with Crippen LogP contribution in [0.25, 0.3) is 0 Å². The topological polar surface area (TPSA) is 37.4 Å². The van der Waals surface area contributed by atoms with Crippen LogP contribution in [0.2, 0.25) is 0 Å². The van der Waals surface area contributed by atoms with E-state index in [9.17, 15) is 0 Å². The molecule has 3 rings (SSSR count). The van der Waals surface area contributed by atoms with Crippen molar-refractivity contribution in [2.45, 2.75) is 38.3 Å². The summed E-state index contributed by atoms with van der Waals surface area (Å²) in [6, 6.07) is 7.32. The van der Waals surface area contributed by atoms with Crippen molar-refractivity contribution >= 4 is 5.82 Å². The highest BCUT2D eigenvalue weighted by molar-refractivity contribution is 5.38. The van der Waals surface area contributed by atoms with Crippen molar-refractivity contribution in [3.05, 3.63) is 18.2 Å². The molecule has 1 aliphatic carbocycles. The van der Waals surface area contributed by atoms with E-state index >= 15 is 0 Å². The molecule has 1 aromatic heterocycles. The van der Waals surface area contributed by atoms with Gasteiger partial charge in [0.1, 0.15) is 5.82 Å². The minimum atomic E-state index is 0.537. The lowest BCUT2D eigenvalue weighted by atomic mass is 10.2. The Morgan fingerprint density at radius 2 is 2.28 bits per heavy atom. The van der Waals surface area contributed by atoms with Gasteiger partial charge in [-0.1, -0.05) is 6.07 Å². The third-order valence-electron chi connectivity index (χ3n) is 3.65. The van der Waals surface area contributed by atoms with Gasteiger partial charge in [-0.05, 0) is 32.3 Å². The second kappa shape index (κ2) is 5.14. The van der Waals surface area contributed by atoms with Crippen LogP contribution in [-0.2, 0) is 0 Å². The van der Waals surface area contributed by atoms with E-state index in [1.807, 2.05) is 25.1 Å². The first kappa shape index (κ1) is 11.8. The highest BCUT2D eigenvalue weighted by Crippen LogP contribution is 2.30. The minimum Gasteiger partial charge on any atom is -0.478 e. The molecule has 0 aromatic carbocycles. The Balaban J connectivity index is 1.57. The lowest BCUT2D eigenvalue weighted by Gasteiger charge is -2.16. The number of pyridine rings is 1. The third kappa shape index (κ3) is 2.75. The summed E-state index contributed by atoms with van der Waals surface area (Å²) in [5, 5.41) is 3.52. The highest BCUT2D eigenvalue weighted by Gasteiger charge is 2.34. The zero-order chi connectivity index (χ0) is 12.4. The average Bonchev–Trinajstić information content (AvgIpc) is 3.12. The van der Waals surface area contributed by atoms with E-state index in [1.54, 1.807) is 0 Å². The molecule has 1 saturated heterocycles. The first-order valence-electron chi connectivity index (χ1n) is 6.95. The zero-order valence-electron chi connectivity index (χ0n) is 10.9. The largest absolute Gasteiger partial charge is 0.478 e. The van der Waals surface area contributed by atoms with Gasteiger partial charge >= 0.3 is 0 Å². The Labute approximate surface area is 108 Å². The molecule has 18 heavy (non-hydrogen) atoms. The number of ether oxygens (including phenoxy) is 1. The normalized spacial score (nSPS) is 24.2.